The van der Waals surface area contributed by atoms with Gasteiger partial charge in [0.05, 0.1) is 16.6 Å². The second-order valence-electron chi connectivity index (χ2n) is 5.45. The normalized spacial score (nSPS) is 22.4. The fourth-order valence-corrected chi connectivity index (χ4v) is 2.49. The molecule has 5 heteroatoms. The Balaban J connectivity index is 2.46. The van der Waals surface area contributed by atoms with Crippen LogP contribution in [0.15, 0.2) is 24.5 Å². The van der Waals surface area contributed by atoms with Gasteiger partial charge in [0.2, 0.25) is 0 Å². The van der Waals surface area contributed by atoms with E-state index in [0.717, 1.165) is 12.0 Å². The quantitative estimate of drug-likeness (QED) is 0.644. The average molecular weight is 248 g/mol. The zero-order valence-electron chi connectivity index (χ0n) is 10.5. The van der Waals surface area contributed by atoms with Crippen LogP contribution in [0.25, 0.3) is 5.57 Å². The molecule has 0 saturated heterocycles. The standard InChI is InChI=1S/C13H16N2O3/c1-13(2)6-9(5-10(16)7-13)11-3-4-14-8-12(11)15(17)18/h3-5,8,10,16H,6-7H2,1-2H3. The van der Waals surface area contributed by atoms with Crippen molar-refractivity contribution in [2.75, 3.05) is 0 Å². The molecule has 5 nitrogen and oxygen atoms in total. The Labute approximate surface area is 105 Å². The fourth-order valence-electron chi connectivity index (χ4n) is 2.49. The number of hydrogen-bond acceptors (Lipinski definition) is 4. The van der Waals surface area contributed by atoms with Crippen LogP contribution in [0.4, 0.5) is 5.69 Å². The smallest absolute Gasteiger partial charge is 0.294 e. The minimum Gasteiger partial charge on any atom is -0.389 e. The van der Waals surface area contributed by atoms with Crippen LogP contribution in [-0.2, 0) is 0 Å². The monoisotopic (exact) mass is 248 g/mol. The highest BCUT2D eigenvalue weighted by Crippen LogP contribution is 2.41. The zero-order chi connectivity index (χ0) is 13.3. The van der Waals surface area contributed by atoms with E-state index in [1.54, 1.807) is 12.1 Å². The molecular weight excluding hydrogens is 232 g/mol. The number of aliphatic hydroxyl groups is 1. The largest absolute Gasteiger partial charge is 0.389 e. The summed E-state index contributed by atoms with van der Waals surface area (Å²) in [4.78, 5) is 14.3. The summed E-state index contributed by atoms with van der Waals surface area (Å²) in [5.41, 5.74) is 1.32. The first-order valence-electron chi connectivity index (χ1n) is 5.86. The molecule has 0 aliphatic heterocycles. The lowest BCUT2D eigenvalue weighted by Crippen LogP contribution is -2.24. The Morgan fingerprint density at radius 3 is 2.89 bits per heavy atom. The van der Waals surface area contributed by atoms with Gasteiger partial charge in [-0.2, -0.15) is 0 Å². The molecule has 0 bridgehead atoms. The Morgan fingerprint density at radius 2 is 2.28 bits per heavy atom. The van der Waals surface area contributed by atoms with Crippen LogP contribution < -0.4 is 0 Å². The number of nitrogens with zero attached hydrogens (tertiary/aromatic N) is 2. The van der Waals surface area contributed by atoms with Crippen LogP contribution >= 0.6 is 0 Å². The molecule has 1 unspecified atom stereocenters. The van der Waals surface area contributed by atoms with Crippen molar-refractivity contribution in [3.63, 3.8) is 0 Å². The van der Waals surface area contributed by atoms with Crippen molar-refractivity contribution < 1.29 is 10.0 Å². The summed E-state index contributed by atoms with van der Waals surface area (Å²) >= 11 is 0. The first-order chi connectivity index (χ1) is 8.39. The van der Waals surface area contributed by atoms with Gasteiger partial charge in [-0.25, -0.2) is 0 Å². The van der Waals surface area contributed by atoms with Crippen LogP contribution in [0.5, 0.6) is 0 Å². The van der Waals surface area contributed by atoms with E-state index in [4.69, 9.17) is 0 Å². The summed E-state index contributed by atoms with van der Waals surface area (Å²) < 4.78 is 0. The predicted molar refractivity (Wildman–Crippen MR) is 67.9 cm³/mol. The highest BCUT2D eigenvalue weighted by Gasteiger charge is 2.30. The van der Waals surface area contributed by atoms with Gasteiger partial charge in [-0.05, 0) is 29.9 Å². The molecule has 0 radical (unpaired) electrons. The molecule has 0 aromatic carbocycles. The topological polar surface area (TPSA) is 76.3 Å². The van der Waals surface area contributed by atoms with Crippen LogP contribution in [-0.4, -0.2) is 21.1 Å². The molecule has 0 amide bonds. The maximum Gasteiger partial charge on any atom is 0.294 e. The Morgan fingerprint density at radius 1 is 1.56 bits per heavy atom. The van der Waals surface area contributed by atoms with Crippen molar-refractivity contribution in [3.05, 3.63) is 40.2 Å². The predicted octanol–water partition coefficient (Wildman–Crippen LogP) is 2.55. The van der Waals surface area contributed by atoms with E-state index in [9.17, 15) is 15.2 Å². The van der Waals surface area contributed by atoms with Crippen LogP contribution in [0.1, 0.15) is 32.3 Å². The summed E-state index contributed by atoms with van der Waals surface area (Å²) in [5.74, 6) is 0. The third-order valence-corrected chi connectivity index (χ3v) is 3.17. The van der Waals surface area contributed by atoms with Gasteiger partial charge in [0, 0.05) is 6.20 Å². The lowest BCUT2D eigenvalue weighted by Gasteiger charge is -2.32. The van der Waals surface area contributed by atoms with Crippen LogP contribution in [0, 0.1) is 15.5 Å². The summed E-state index contributed by atoms with van der Waals surface area (Å²) in [5, 5.41) is 20.8. The third-order valence-electron chi connectivity index (χ3n) is 3.17. The maximum atomic E-state index is 11.0. The van der Waals surface area contributed by atoms with Gasteiger partial charge >= 0.3 is 0 Å². The van der Waals surface area contributed by atoms with Gasteiger partial charge in [0.15, 0.2) is 0 Å². The van der Waals surface area contributed by atoms with Gasteiger partial charge in [-0.1, -0.05) is 19.9 Å². The van der Waals surface area contributed by atoms with Gasteiger partial charge in [-0.15, -0.1) is 0 Å². The van der Waals surface area contributed by atoms with E-state index in [1.807, 2.05) is 0 Å². The summed E-state index contributed by atoms with van der Waals surface area (Å²) in [6.45, 7) is 4.10. The molecule has 1 aliphatic carbocycles. The van der Waals surface area contributed by atoms with Crippen LogP contribution in [0.2, 0.25) is 0 Å². The molecule has 1 aromatic rings. The van der Waals surface area contributed by atoms with E-state index in [1.165, 1.54) is 12.4 Å². The maximum absolute atomic E-state index is 11.0. The van der Waals surface area contributed by atoms with E-state index in [0.29, 0.717) is 12.0 Å². The van der Waals surface area contributed by atoms with Crippen molar-refractivity contribution in [2.24, 2.45) is 5.41 Å². The second-order valence-corrected chi connectivity index (χ2v) is 5.45. The molecule has 1 aromatic heterocycles. The first kappa shape index (κ1) is 12.7. The summed E-state index contributed by atoms with van der Waals surface area (Å²) in [6.07, 6.45) is 5.36. The minimum absolute atomic E-state index is 0.00588. The highest BCUT2D eigenvalue weighted by molar-refractivity contribution is 5.73. The van der Waals surface area contributed by atoms with E-state index >= 15 is 0 Å². The molecule has 1 aliphatic rings. The Hall–Kier alpha value is -1.75. The number of allylic oxidation sites excluding steroid dienone is 1. The second kappa shape index (κ2) is 4.49. The molecular formula is C13H16N2O3. The molecule has 1 heterocycles. The number of aliphatic hydroxyl groups excluding tert-OH is 1. The summed E-state index contributed by atoms with van der Waals surface area (Å²) in [6, 6.07) is 1.64. The highest BCUT2D eigenvalue weighted by atomic mass is 16.6. The molecule has 0 fully saturated rings. The average Bonchev–Trinajstić information content (AvgIpc) is 2.26. The molecule has 18 heavy (non-hydrogen) atoms. The van der Waals surface area contributed by atoms with Crippen molar-refractivity contribution in [3.8, 4) is 0 Å². The van der Waals surface area contributed by atoms with Crippen molar-refractivity contribution >= 4 is 11.3 Å². The van der Waals surface area contributed by atoms with E-state index in [-0.39, 0.29) is 11.1 Å². The van der Waals surface area contributed by atoms with E-state index in [2.05, 4.69) is 18.8 Å². The van der Waals surface area contributed by atoms with Crippen molar-refractivity contribution in [1.82, 2.24) is 4.98 Å². The Kier molecular flexibility index (Phi) is 3.17. The fraction of sp³-hybridized carbons (Fsp3) is 0.462. The minimum atomic E-state index is -0.545. The van der Waals surface area contributed by atoms with Crippen LogP contribution in [0.3, 0.4) is 0 Å². The van der Waals surface area contributed by atoms with Crippen molar-refractivity contribution in [1.29, 1.82) is 0 Å². The number of nitro groups is 1. The Bertz CT molecular complexity index is 509. The van der Waals surface area contributed by atoms with E-state index < -0.39 is 11.0 Å². The van der Waals surface area contributed by atoms with Crippen molar-refractivity contribution in [2.45, 2.75) is 32.8 Å². The first-order valence-corrected chi connectivity index (χ1v) is 5.86. The summed E-state index contributed by atoms with van der Waals surface area (Å²) in [7, 11) is 0. The molecule has 1 N–H and O–H groups in total. The molecule has 96 valence electrons. The SMILES string of the molecule is CC1(C)CC(c2ccncc2[N+](=O)[O-])=CC(O)C1. The molecule has 0 spiro atoms. The number of rotatable bonds is 2. The van der Waals surface area contributed by atoms with Gasteiger partial charge in [-0.3, -0.25) is 15.1 Å². The lowest BCUT2D eigenvalue weighted by atomic mass is 9.74. The zero-order valence-corrected chi connectivity index (χ0v) is 10.5. The number of hydrogen-bond donors (Lipinski definition) is 1. The van der Waals surface area contributed by atoms with Gasteiger partial charge in [0.25, 0.3) is 5.69 Å². The lowest BCUT2D eigenvalue weighted by molar-refractivity contribution is -0.385. The van der Waals surface area contributed by atoms with Gasteiger partial charge < -0.3 is 5.11 Å². The molecule has 2 rings (SSSR count). The molecule has 0 saturated carbocycles. The third kappa shape index (κ3) is 2.56. The number of pyridine rings is 1. The number of aromatic nitrogens is 1. The van der Waals surface area contributed by atoms with Gasteiger partial charge in [0.1, 0.15) is 6.20 Å². The molecule has 1 atom stereocenters.